The van der Waals surface area contributed by atoms with Crippen LogP contribution in [-0.2, 0) is 11.2 Å². The van der Waals surface area contributed by atoms with Gasteiger partial charge in [0.15, 0.2) is 11.5 Å². The van der Waals surface area contributed by atoms with Crippen LogP contribution >= 0.6 is 0 Å². The van der Waals surface area contributed by atoms with Crippen LogP contribution in [0.25, 0.3) is 0 Å². The normalized spacial score (nSPS) is 19.9. The standard InChI is InChI=1S/C20H27N3O4/c24-19(13-15-6-7-17-18(12-15)27-14-26-17)22-8-10-23(11-9-22)20(25)21-16-4-2-1-3-5-16/h6-7,12,16H,1-5,8-11,13-14H2,(H,21,25). The van der Waals surface area contributed by atoms with Crippen molar-refractivity contribution >= 4 is 11.9 Å². The van der Waals surface area contributed by atoms with Crippen molar-refractivity contribution in [2.45, 2.75) is 44.6 Å². The summed E-state index contributed by atoms with van der Waals surface area (Å²) in [7, 11) is 0. The van der Waals surface area contributed by atoms with Gasteiger partial charge in [-0.05, 0) is 30.5 Å². The number of benzene rings is 1. The second kappa shape index (κ2) is 8.06. The van der Waals surface area contributed by atoms with Crippen molar-refractivity contribution in [2.75, 3.05) is 33.0 Å². The lowest BCUT2D eigenvalue weighted by atomic mass is 9.96. The lowest BCUT2D eigenvalue weighted by Gasteiger charge is -2.36. The van der Waals surface area contributed by atoms with Gasteiger partial charge in [-0.25, -0.2) is 4.79 Å². The summed E-state index contributed by atoms with van der Waals surface area (Å²) in [4.78, 5) is 28.7. The number of urea groups is 1. The van der Waals surface area contributed by atoms with Gasteiger partial charge in [-0.1, -0.05) is 25.3 Å². The van der Waals surface area contributed by atoms with Gasteiger partial charge in [-0.15, -0.1) is 0 Å². The molecule has 3 aliphatic rings. The van der Waals surface area contributed by atoms with E-state index in [1.54, 1.807) is 0 Å². The molecule has 4 rings (SSSR count). The molecule has 146 valence electrons. The molecule has 1 aliphatic carbocycles. The highest BCUT2D eigenvalue weighted by Gasteiger charge is 2.26. The summed E-state index contributed by atoms with van der Waals surface area (Å²) in [5, 5.41) is 3.15. The predicted molar refractivity (Wildman–Crippen MR) is 99.8 cm³/mol. The van der Waals surface area contributed by atoms with Gasteiger partial charge in [-0.2, -0.15) is 0 Å². The average molecular weight is 373 g/mol. The zero-order chi connectivity index (χ0) is 18.6. The van der Waals surface area contributed by atoms with Gasteiger partial charge in [0.25, 0.3) is 0 Å². The number of ether oxygens (including phenoxy) is 2. The van der Waals surface area contributed by atoms with Crippen molar-refractivity contribution in [3.8, 4) is 11.5 Å². The van der Waals surface area contributed by atoms with Crippen molar-refractivity contribution < 1.29 is 19.1 Å². The molecule has 1 saturated heterocycles. The third-order valence-corrected chi connectivity index (χ3v) is 5.64. The summed E-state index contributed by atoms with van der Waals surface area (Å²) in [5.41, 5.74) is 0.918. The Kier molecular flexibility index (Phi) is 5.36. The van der Waals surface area contributed by atoms with Crippen molar-refractivity contribution in [3.63, 3.8) is 0 Å². The summed E-state index contributed by atoms with van der Waals surface area (Å²) in [5.74, 6) is 1.51. The summed E-state index contributed by atoms with van der Waals surface area (Å²) < 4.78 is 10.7. The van der Waals surface area contributed by atoms with Crippen LogP contribution in [0.3, 0.4) is 0 Å². The van der Waals surface area contributed by atoms with Gasteiger partial charge in [-0.3, -0.25) is 4.79 Å². The minimum Gasteiger partial charge on any atom is -0.454 e. The third kappa shape index (κ3) is 4.28. The fourth-order valence-electron chi connectivity index (χ4n) is 4.01. The fourth-order valence-corrected chi connectivity index (χ4v) is 4.01. The largest absolute Gasteiger partial charge is 0.454 e. The van der Waals surface area contributed by atoms with Crippen LogP contribution in [0.5, 0.6) is 11.5 Å². The Balaban J connectivity index is 1.24. The molecule has 2 aliphatic heterocycles. The molecule has 7 nitrogen and oxygen atoms in total. The van der Waals surface area contributed by atoms with E-state index in [0.717, 1.165) is 24.2 Å². The van der Waals surface area contributed by atoms with Gasteiger partial charge in [0, 0.05) is 32.2 Å². The molecule has 1 saturated carbocycles. The monoisotopic (exact) mass is 373 g/mol. The molecule has 1 N–H and O–H groups in total. The van der Waals surface area contributed by atoms with Crippen LogP contribution in [-0.4, -0.2) is 60.8 Å². The van der Waals surface area contributed by atoms with Crippen LogP contribution in [0.4, 0.5) is 4.79 Å². The molecule has 3 amide bonds. The molecule has 27 heavy (non-hydrogen) atoms. The Bertz CT molecular complexity index is 694. The zero-order valence-corrected chi connectivity index (χ0v) is 15.6. The molecule has 0 radical (unpaired) electrons. The first-order chi connectivity index (χ1) is 13.2. The first-order valence-corrected chi connectivity index (χ1v) is 9.91. The maximum atomic E-state index is 12.6. The molecule has 0 bridgehead atoms. The minimum absolute atomic E-state index is 0.0183. The zero-order valence-electron chi connectivity index (χ0n) is 15.6. The second-order valence-corrected chi connectivity index (χ2v) is 7.52. The quantitative estimate of drug-likeness (QED) is 0.881. The Morgan fingerprint density at radius 3 is 2.44 bits per heavy atom. The molecule has 0 spiro atoms. The van der Waals surface area contributed by atoms with Crippen LogP contribution in [0.2, 0.25) is 0 Å². The number of rotatable bonds is 3. The highest BCUT2D eigenvalue weighted by Crippen LogP contribution is 2.32. The highest BCUT2D eigenvalue weighted by atomic mass is 16.7. The van der Waals surface area contributed by atoms with E-state index in [-0.39, 0.29) is 18.7 Å². The Morgan fingerprint density at radius 1 is 0.963 bits per heavy atom. The Hall–Kier alpha value is -2.44. The fraction of sp³-hybridized carbons (Fsp3) is 0.600. The molecular weight excluding hydrogens is 346 g/mol. The van der Waals surface area contributed by atoms with E-state index >= 15 is 0 Å². The molecule has 2 fully saturated rings. The van der Waals surface area contributed by atoms with Gasteiger partial charge in [0.05, 0.1) is 6.42 Å². The molecule has 7 heteroatoms. The first-order valence-electron chi connectivity index (χ1n) is 9.91. The summed E-state index contributed by atoms with van der Waals surface area (Å²) in [6, 6.07) is 5.95. The number of hydrogen-bond donors (Lipinski definition) is 1. The number of fused-ring (bicyclic) bond motifs is 1. The smallest absolute Gasteiger partial charge is 0.317 e. The highest BCUT2D eigenvalue weighted by molar-refractivity contribution is 5.80. The van der Waals surface area contributed by atoms with E-state index in [0.29, 0.717) is 44.4 Å². The van der Waals surface area contributed by atoms with Crippen LogP contribution in [0, 0.1) is 0 Å². The van der Waals surface area contributed by atoms with E-state index in [1.807, 2.05) is 28.0 Å². The summed E-state index contributed by atoms with van der Waals surface area (Å²) >= 11 is 0. The number of carbonyl (C=O) groups is 2. The molecule has 0 atom stereocenters. The van der Waals surface area contributed by atoms with Gasteiger partial charge < -0.3 is 24.6 Å². The van der Waals surface area contributed by atoms with Crippen LogP contribution in [0.15, 0.2) is 18.2 Å². The van der Waals surface area contributed by atoms with E-state index in [9.17, 15) is 9.59 Å². The number of nitrogens with one attached hydrogen (secondary N) is 1. The van der Waals surface area contributed by atoms with Gasteiger partial charge >= 0.3 is 6.03 Å². The SMILES string of the molecule is O=C(Cc1ccc2c(c1)OCO2)N1CCN(C(=O)NC2CCCCC2)CC1. The topological polar surface area (TPSA) is 71.1 Å². The molecule has 2 heterocycles. The molecule has 1 aromatic carbocycles. The van der Waals surface area contributed by atoms with Crippen molar-refractivity contribution in [2.24, 2.45) is 0 Å². The molecule has 0 aromatic heterocycles. The molecular formula is C20H27N3O4. The Labute approximate surface area is 159 Å². The maximum absolute atomic E-state index is 12.6. The van der Waals surface area contributed by atoms with E-state index in [1.165, 1.54) is 19.3 Å². The number of amides is 3. The summed E-state index contributed by atoms with van der Waals surface area (Å²) in [6.45, 7) is 2.58. The Morgan fingerprint density at radius 2 is 1.67 bits per heavy atom. The van der Waals surface area contributed by atoms with Crippen molar-refractivity contribution in [1.82, 2.24) is 15.1 Å². The number of carbonyl (C=O) groups excluding carboxylic acids is 2. The summed E-state index contributed by atoms with van der Waals surface area (Å²) in [6.07, 6.45) is 6.18. The minimum atomic E-state index is 0.0183. The number of nitrogens with zero attached hydrogens (tertiary/aromatic N) is 2. The van der Waals surface area contributed by atoms with E-state index < -0.39 is 0 Å². The van der Waals surface area contributed by atoms with Gasteiger partial charge in [0.2, 0.25) is 12.7 Å². The lowest BCUT2D eigenvalue weighted by Crippen LogP contribution is -2.54. The van der Waals surface area contributed by atoms with Crippen molar-refractivity contribution in [1.29, 1.82) is 0 Å². The predicted octanol–water partition coefficient (Wildman–Crippen LogP) is 2.14. The van der Waals surface area contributed by atoms with E-state index in [4.69, 9.17) is 9.47 Å². The number of piperazine rings is 1. The van der Waals surface area contributed by atoms with Crippen LogP contribution < -0.4 is 14.8 Å². The van der Waals surface area contributed by atoms with Gasteiger partial charge in [0.1, 0.15) is 0 Å². The third-order valence-electron chi connectivity index (χ3n) is 5.64. The van der Waals surface area contributed by atoms with E-state index in [2.05, 4.69) is 5.32 Å². The van der Waals surface area contributed by atoms with Crippen LogP contribution in [0.1, 0.15) is 37.7 Å². The number of hydrogen-bond acceptors (Lipinski definition) is 4. The van der Waals surface area contributed by atoms with Crippen molar-refractivity contribution in [3.05, 3.63) is 23.8 Å². The second-order valence-electron chi connectivity index (χ2n) is 7.52. The maximum Gasteiger partial charge on any atom is 0.317 e. The molecule has 0 unspecified atom stereocenters. The average Bonchev–Trinajstić information content (AvgIpc) is 3.16. The lowest BCUT2D eigenvalue weighted by molar-refractivity contribution is -0.131. The molecule has 1 aromatic rings. The first kappa shape index (κ1) is 17.9.